The van der Waals surface area contributed by atoms with Gasteiger partial charge >= 0.3 is 0 Å². The van der Waals surface area contributed by atoms with Crippen molar-refractivity contribution in [3.05, 3.63) is 29.8 Å². The largest absolute Gasteiger partial charge is 0.330 e. The van der Waals surface area contributed by atoms with E-state index in [1.165, 1.54) is 0 Å². The smallest absolute Gasteiger partial charge is 0.178 e. The minimum atomic E-state index is -3.13. The molecule has 0 aliphatic heterocycles. The monoisotopic (exact) mass is 256 g/mol. The van der Waals surface area contributed by atoms with Gasteiger partial charge in [-0.1, -0.05) is 19.1 Å². The van der Waals surface area contributed by atoms with Gasteiger partial charge in [-0.05, 0) is 24.6 Å². The van der Waals surface area contributed by atoms with Gasteiger partial charge in [0.2, 0.25) is 0 Å². The maximum atomic E-state index is 11.6. The van der Waals surface area contributed by atoms with Crippen molar-refractivity contribution in [3.8, 4) is 0 Å². The van der Waals surface area contributed by atoms with E-state index in [2.05, 4.69) is 0 Å². The second-order valence-electron chi connectivity index (χ2n) is 4.17. The van der Waals surface area contributed by atoms with Crippen molar-refractivity contribution >= 4 is 9.84 Å². The number of hydrogen-bond donors (Lipinski definition) is 2. The first-order chi connectivity index (χ1) is 7.92. The molecule has 4 N–H and O–H groups in total. The molecule has 0 saturated heterocycles. The molecular weight excluding hydrogens is 236 g/mol. The lowest BCUT2D eigenvalue weighted by atomic mass is 9.93. The van der Waals surface area contributed by atoms with Crippen LogP contribution in [0.2, 0.25) is 0 Å². The van der Waals surface area contributed by atoms with Crippen LogP contribution in [-0.2, 0) is 9.84 Å². The Morgan fingerprint density at radius 3 is 2.12 bits per heavy atom. The molecule has 0 heterocycles. The first-order valence-corrected chi connectivity index (χ1v) is 7.36. The zero-order valence-corrected chi connectivity index (χ0v) is 11.1. The van der Waals surface area contributed by atoms with Crippen LogP contribution in [0.1, 0.15) is 25.3 Å². The number of hydrogen-bond acceptors (Lipinski definition) is 4. The molecule has 0 saturated carbocycles. The fraction of sp³-hybridized carbons (Fsp3) is 0.500. The van der Waals surface area contributed by atoms with Gasteiger partial charge in [-0.2, -0.15) is 0 Å². The summed E-state index contributed by atoms with van der Waals surface area (Å²) in [7, 11) is -3.13. The minimum absolute atomic E-state index is 0.0476. The molecule has 2 atom stereocenters. The van der Waals surface area contributed by atoms with Gasteiger partial charge in [0.05, 0.1) is 10.6 Å². The van der Waals surface area contributed by atoms with E-state index in [1.54, 1.807) is 31.2 Å². The fourth-order valence-electron chi connectivity index (χ4n) is 1.74. The first-order valence-electron chi connectivity index (χ1n) is 5.70. The van der Waals surface area contributed by atoms with E-state index in [0.29, 0.717) is 11.4 Å². The number of nitrogens with two attached hydrogens (primary N) is 2. The van der Waals surface area contributed by atoms with Crippen molar-refractivity contribution in [1.82, 2.24) is 0 Å². The highest BCUT2D eigenvalue weighted by molar-refractivity contribution is 7.91. The molecule has 17 heavy (non-hydrogen) atoms. The van der Waals surface area contributed by atoms with Crippen molar-refractivity contribution in [1.29, 1.82) is 0 Å². The van der Waals surface area contributed by atoms with Crippen LogP contribution >= 0.6 is 0 Å². The quantitative estimate of drug-likeness (QED) is 0.818. The molecule has 2 unspecified atom stereocenters. The predicted octanol–water partition coefficient (Wildman–Crippen LogP) is 0.870. The molecule has 0 radical (unpaired) electrons. The zero-order chi connectivity index (χ0) is 13.1. The van der Waals surface area contributed by atoms with Gasteiger partial charge in [-0.3, -0.25) is 0 Å². The molecule has 0 fully saturated rings. The van der Waals surface area contributed by atoms with Crippen molar-refractivity contribution in [3.63, 3.8) is 0 Å². The van der Waals surface area contributed by atoms with Gasteiger partial charge in [0.25, 0.3) is 0 Å². The summed E-state index contributed by atoms with van der Waals surface area (Å²) in [5.74, 6) is 0.174. The Kier molecular flexibility index (Phi) is 4.68. The third kappa shape index (κ3) is 3.28. The summed E-state index contributed by atoms with van der Waals surface area (Å²) in [5.41, 5.74) is 12.5. The van der Waals surface area contributed by atoms with Gasteiger partial charge in [0.15, 0.2) is 9.84 Å². The standard InChI is InChI=1S/C12H20N2O2S/c1-3-17(15,16)11-6-4-10(5-7-11)12(8-13)9(2)14/h4-7,9,12H,3,8,13-14H2,1-2H3. The van der Waals surface area contributed by atoms with Gasteiger partial charge in [0, 0.05) is 18.5 Å². The Balaban J connectivity index is 3.03. The molecule has 5 heteroatoms. The lowest BCUT2D eigenvalue weighted by Crippen LogP contribution is -2.30. The third-order valence-corrected chi connectivity index (χ3v) is 4.69. The highest BCUT2D eigenvalue weighted by Crippen LogP contribution is 2.20. The van der Waals surface area contributed by atoms with Crippen LogP contribution in [0.25, 0.3) is 0 Å². The van der Waals surface area contributed by atoms with Crippen molar-refractivity contribution in [2.75, 3.05) is 12.3 Å². The van der Waals surface area contributed by atoms with Crippen LogP contribution in [0.15, 0.2) is 29.2 Å². The summed E-state index contributed by atoms with van der Waals surface area (Å²) < 4.78 is 23.3. The normalized spacial score (nSPS) is 15.5. The molecule has 0 aromatic heterocycles. The van der Waals surface area contributed by atoms with E-state index in [9.17, 15) is 8.42 Å². The third-order valence-electron chi connectivity index (χ3n) is 2.94. The van der Waals surface area contributed by atoms with E-state index in [1.807, 2.05) is 6.92 Å². The Hall–Kier alpha value is -0.910. The predicted molar refractivity (Wildman–Crippen MR) is 69.6 cm³/mol. The van der Waals surface area contributed by atoms with E-state index in [0.717, 1.165) is 5.56 Å². The second kappa shape index (κ2) is 5.62. The van der Waals surface area contributed by atoms with Crippen molar-refractivity contribution < 1.29 is 8.42 Å². The van der Waals surface area contributed by atoms with Crippen LogP contribution in [0.5, 0.6) is 0 Å². The first kappa shape index (κ1) is 14.2. The van der Waals surface area contributed by atoms with Crippen molar-refractivity contribution in [2.45, 2.75) is 30.7 Å². The molecule has 0 aliphatic rings. The molecule has 1 aromatic rings. The average Bonchev–Trinajstić information content (AvgIpc) is 2.30. The molecule has 0 amide bonds. The van der Waals surface area contributed by atoms with Crippen LogP contribution in [-0.4, -0.2) is 26.8 Å². The van der Waals surface area contributed by atoms with Gasteiger partial charge in [-0.25, -0.2) is 8.42 Å². The summed E-state index contributed by atoms with van der Waals surface area (Å²) >= 11 is 0. The molecule has 0 spiro atoms. The second-order valence-corrected chi connectivity index (χ2v) is 6.45. The summed E-state index contributed by atoms with van der Waals surface area (Å²) in [5, 5.41) is 0. The number of rotatable bonds is 5. The van der Waals surface area contributed by atoms with Crippen LogP contribution < -0.4 is 11.5 Å². The molecule has 0 aliphatic carbocycles. The van der Waals surface area contributed by atoms with Crippen LogP contribution in [0, 0.1) is 0 Å². The lowest BCUT2D eigenvalue weighted by Gasteiger charge is -2.19. The maximum Gasteiger partial charge on any atom is 0.178 e. The van der Waals surface area contributed by atoms with E-state index < -0.39 is 9.84 Å². The summed E-state index contributed by atoms with van der Waals surface area (Å²) in [4.78, 5) is 0.351. The van der Waals surface area contributed by atoms with E-state index >= 15 is 0 Å². The molecule has 96 valence electrons. The van der Waals surface area contributed by atoms with Crippen LogP contribution in [0.3, 0.4) is 0 Å². The van der Waals surface area contributed by atoms with E-state index in [4.69, 9.17) is 11.5 Å². The average molecular weight is 256 g/mol. The van der Waals surface area contributed by atoms with E-state index in [-0.39, 0.29) is 17.7 Å². The van der Waals surface area contributed by atoms with Gasteiger partial charge in [0.1, 0.15) is 0 Å². The summed E-state index contributed by atoms with van der Waals surface area (Å²) in [6, 6.07) is 6.79. The Labute approximate surface area is 103 Å². The summed E-state index contributed by atoms with van der Waals surface area (Å²) in [6.45, 7) is 3.99. The topological polar surface area (TPSA) is 86.2 Å². The van der Waals surface area contributed by atoms with Crippen LogP contribution in [0.4, 0.5) is 0 Å². The summed E-state index contributed by atoms with van der Waals surface area (Å²) in [6.07, 6.45) is 0. The Morgan fingerprint density at radius 2 is 1.76 bits per heavy atom. The highest BCUT2D eigenvalue weighted by Gasteiger charge is 2.16. The zero-order valence-electron chi connectivity index (χ0n) is 10.3. The molecule has 1 rings (SSSR count). The molecule has 4 nitrogen and oxygen atoms in total. The fourth-order valence-corrected chi connectivity index (χ4v) is 2.63. The Morgan fingerprint density at radius 1 is 1.24 bits per heavy atom. The number of benzene rings is 1. The maximum absolute atomic E-state index is 11.6. The molecule has 0 bridgehead atoms. The molecular formula is C12H20N2O2S. The lowest BCUT2D eigenvalue weighted by molar-refractivity contribution is 0.576. The van der Waals surface area contributed by atoms with Gasteiger partial charge < -0.3 is 11.5 Å². The number of sulfone groups is 1. The SMILES string of the molecule is CCS(=O)(=O)c1ccc(C(CN)C(C)N)cc1. The minimum Gasteiger partial charge on any atom is -0.330 e. The van der Waals surface area contributed by atoms with Gasteiger partial charge in [-0.15, -0.1) is 0 Å². The highest BCUT2D eigenvalue weighted by atomic mass is 32.2. The molecule has 1 aromatic carbocycles. The Bertz CT molecular complexity index is 452. The van der Waals surface area contributed by atoms with Crippen molar-refractivity contribution in [2.24, 2.45) is 11.5 Å².